The van der Waals surface area contributed by atoms with E-state index in [4.69, 9.17) is 9.97 Å². The van der Waals surface area contributed by atoms with Gasteiger partial charge in [-0.3, -0.25) is 39.1 Å². The van der Waals surface area contributed by atoms with Gasteiger partial charge < -0.3 is 20.2 Å². The van der Waals surface area contributed by atoms with Crippen LogP contribution in [0, 0.1) is 0 Å². The molecular weight excluding hydrogens is 839 g/mol. The number of aromatic nitrogens is 5. The molecule has 4 fully saturated rings. The number of allylic oxidation sites excluding steroid dienone is 1. The maximum atomic E-state index is 13.6. The van der Waals surface area contributed by atoms with Crippen LogP contribution >= 0.6 is 0 Å². The van der Waals surface area contributed by atoms with E-state index in [9.17, 15) is 29.1 Å². The summed E-state index contributed by atoms with van der Waals surface area (Å²) in [5, 5.41) is 17.2. The number of pyridine rings is 1. The topological polar surface area (TPSA) is 191 Å². The van der Waals surface area contributed by atoms with Crippen molar-refractivity contribution in [2.24, 2.45) is 0 Å². The summed E-state index contributed by atoms with van der Waals surface area (Å²) in [7, 11) is 0. The first-order chi connectivity index (χ1) is 31.8. The molecule has 3 aromatic heterocycles. The van der Waals surface area contributed by atoms with Crippen molar-refractivity contribution in [2.45, 2.75) is 120 Å². The molecule has 0 spiro atoms. The maximum absolute atomic E-state index is 13.6. The first-order valence-electron chi connectivity index (χ1n) is 23.7. The molecule has 8 heterocycles. The van der Waals surface area contributed by atoms with E-state index in [1.54, 1.807) is 27.7 Å². The van der Waals surface area contributed by atoms with Gasteiger partial charge in [-0.15, -0.1) is 6.58 Å². The second-order valence-electron chi connectivity index (χ2n) is 19.2. The van der Waals surface area contributed by atoms with Crippen molar-refractivity contribution >= 4 is 40.6 Å². The number of likely N-dealkylation sites (tertiary alicyclic amines) is 3. The Bertz CT molecular complexity index is 2710. The van der Waals surface area contributed by atoms with E-state index >= 15 is 0 Å². The molecule has 5 aliphatic heterocycles. The lowest BCUT2D eigenvalue weighted by atomic mass is 9.86. The van der Waals surface area contributed by atoms with Crippen LogP contribution in [-0.2, 0) is 28.2 Å². The zero-order chi connectivity index (χ0) is 46.0. The lowest BCUT2D eigenvalue weighted by Crippen LogP contribution is -2.56. The lowest BCUT2D eigenvalue weighted by molar-refractivity contribution is -0.136. The molecule has 17 nitrogen and oxygen atoms in total. The predicted molar refractivity (Wildman–Crippen MR) is 247 cm³/mol. The van der Waals surface area contributed by atoms with Crippen LogP contribution < -0.4 is 16.2 Å². The zero-order valence-corrected chi connectivity index (χ0v) is 37.9. The van der Waals surface area contributed by atoms with Crippen molar-refractivity contribution in [3.05, 3.63) is 99.8 Å². The number of benzene rings is 1. The Hall–Kier alpha value is -5.88. The summed E-state index contributed by atoms with van der Waals surface area (Å²) in [6.07, 6.45) is 10.6. The molecule has 3 unspecified atom stereocenters. The Kier molecular flexibility index (Phi) is 11.6. The van der Waals surface area contributed by atoms with Gasteiger partial charge in [-0.2, -0.15) is 4.98 Å². The number of rotatable bonds is 13. The highest BCUT2D eigenvalue weighted by atomic mass is 16.3. The number of hydrogen-bond acceptors (Lipinski definition) is 13. The van der Waals surface area contributed by atoms with Crippen LogP contribution in [0.5, 0.6) is 0 Å². The van der Waals surface area contributed by atoms with Gasteiger partial charge >= 0.3 is 0 Å². The Morgan fingerprint density at radius 3 is 2.39 bits per heavy atom. The molecule has 17 heteroatoms. The van der Waals surface area contributed by atoms with Crippen molar-refractivity contribution in [3.8, 4) is 5.82 Å². The number of nitrogens with zero attached hydrogens (tertiary/aromatic N) is 9. The molecule has 3 N–H and O–H groups in total. The van der Waals surface area contributed by atoms with Crippen LogP contribution in [-0.4, -0.2) is 136 Å². The highest BCUT2D eigenvalue weighted by Gasteiger charge is 2.46. The molecule has 0 bridgehead atoms. The van der Waals surface area contributed by atoms with Crippen molar-refractivity contribution in [1.29, 1.82) is 0 Å². The molecule has 66 heavy (non-hydrogen) atoms. The van der Waals surface area contributed by atoms with Gasteiger partial charge in [0.2, 0.25) is 17.8 Å². The van der Waals surface area contributed by atoms with Crippen molar-refractivity contribution < 1.29 is 24.3 Å². The largest absolute Gasteiger partial charge is 0.384 e. The molecule has 0 saturated carbocycles. The molecule has 4 saturated heterocycles. The van der Waals surface area contributed by atoms with Crippen LogP contribution in [0.4, 0.5) is 5.95 Å². The highest BCUT2D eigenvalue weighted by molar-refractivity contribution is 6.23. The summed E-state index contributed by atoms with van der Waals surface area (Å²) in [6.45, 7) is 18.7. The van der Waals surface area contributed by atoms with Crippen LogP contribution in [0.1, 0.15) is 115 Å². The number of aliphatic hydroxyl groups is 1. The average Bonchev–Trinajstić information content (AvgIpc) is 3.87. The van der Waals surface area contributed by atoms with Gasteiger partial charge in [0.25, 0.3) is 17.4 Å². The Labute approximate surface area is 383 Å². The molecule has 3 atom stereocenters. The second-order valence-corrected chi connectivity index (χ2v) is 19.2. The van der Waals surface area contributed by atoms with Crippen LogP contribution in [0.25, 0.3) is 16.9 Å². The fraction of sp³-hybridized carbons (Fsp3) is 0.510. The second kappa shape index (κ2) is 17.4. The summed E-state index contributed by atoms with van der Waals surface area (Å²) in [5.41, 5.74) is 3.35. The number of carbonyl (C=O) groups is 4. The van der Waals surface area contributed by atoms with Crippen molar-refractivity contribution in [3.63, 3.8) is 0 Å². The third-order valence-electron chi connectivity index (χ3n) is 15.3. The van der Waals surface area contributed by atoms with E-state index in [1.807, 2.05) is 31.2 Å². The van der Waals surface area contributed by atoms with Crippen LogP contribution in [0.15, 0.2) is 66.3 Å². The van der Waals surface area contributed by atoms with Gasteiger partial charge in [-0.25, -0.2) is 19.3 Å². The predicted octanol–water partition coefficient (Wildman–Crippen LogP) is 3.84. The van der Waals surface area contributed by atoms with Crippen molar-refractivity contribution in [1.82, 2.24) is 49.2 Å². The molecule has 4 aromatic rings. The minimum absolute atomic E-state index is 0.0997. The minimum atomic E-state index is -1.000. The summed E-state index contributed by atoms with van der Waals surface area (Å²) in [6, 6.07) is 9.76. The first kappa shape index (κ1) is 44.0. The Morgan fingerprint density at radius 2 is 1.67 bits per heavy atom. The summed E-state index contributed by atoms with van der Waals surface area (Å²) >= 11 is 0. The fourth-order valence-corrected chi connectivity index (χ4v) is 11.4. The Balaban J connectivity index is 0.695. The SMILES string of the molecule is C=CCn1c(=O)c2cnc(NC(=C)CC(C)N3CCC(N4CCC(N5CC(c6ccc7c(c6)C(=O)N(C6CCC(=O)NC6=O)C7=O)C5)CC4)CC3)nc2n1-c1ccc2c(n1)C(O)(CC)CC2. The zero-order valence-electron chi connectivity index (χ0n) is 37.9. The first-order valence-corrected chi connectivity index (χ1v) is 23.7. The van der Waals surface area contributed by atoms with E-state index in [0.717, 1.165) is 93.1 Å². The van der Waals surface area contributed by atoms with E-state index in [0.29, 0.717) is 71.0 Å². The standard InChI is InChI=1S/C49H59N11O6/c1-5-19-58-45(63)38-26-50-48(54-43(38)60(58)40-11-8-31-13-18-49(66,6-2)42(31)52-40)51-29(3)24-30(4)55-20-14-34(15-21-55)56-22-16-35(17-23-56)57-27-33(28-57)32-7-9-36-37(25-32)47(65)59(46(36)64)39-10-12-41(61)53-44(39)62/h5,7-9,11,25-26,30,33-35,39,66H,1,3,6,10,12-24,27-28H2,2,4H3,(H,50,51,54)(H,53,61,62). The normalized spacial score (nSPS) is 24.1. The number of carbonyl (C=O) groups excluding carboxylic acids is 4. The monoisotopic (exact) mass is 897 g/mol. The number of aryl methyl sites for hydroxylation is 1. The number of anilines is 1. The average molecular weight is 898 g/mol. The minimum Gasteiger partial charge on any atom is -0.384 e. The smallest absolute Gasteiger partial charge is 0.278 e. The van der Waals surface area contributed by atoms with Gasteiger partial charge in [0.05, 0.1) is 23.4 Å². The van der Waals surface area contributed by atoms with E-state index in [-0.39, 0.29) is 42.8 Å². The molecular formula is C49H59N11O6. The molecule has 4 amide bonds. The number of nitrogens with one attached hydrogen (secondary N) is 2. The fourth-order valence-electron chi connectivity index (χ4n) is 11.4. The maximum Gasteiger partial charge on any atom is 0.278 e. The quantitative estimate of drug-likeness (QED) is 0.130. The van der Waals surface area contributed by atoms with Crippen LogP contribution in [0.3, 0.4) is 0 Å². The molecule has 6 aliphatic rings. The van der Waals surface area contributed by atoms with Gasteiger partial charge in [0, 0.05) is 61.9 Å². The van der Waals surface area contributed by atoms with Crippen molar-refractivity contribution in [2.75, 3.05) is 44.6 Å². The van der Waals surface area contributed by atoms with E-state index < -0.39 is 29.4 Å². The van der Waals surface area contributed by atoms with Gasteiger partial charge in [-0.1, -0.05) is 31.7 Å². The molecule has 1 aromatic carbocycles. The number of amides is 4. The highest BCUT2D eigenvalue weighted by Crippen LogP contribution is 2.39. The number of imide groups is 2. The molecule has 1 aliphatic carbocycles. The summed E-state index contributed by atoms with van der Waals surface area (Å²) in [4.78, 5) is 87.3. The van der Waals surface area contributed by atoms with Gasteiger partial charge in [-0.05, 0) is 114 Å². The third kappa shape index (κ3) is 7.78. The van der Waals surface area contributed by atoms with E-state index in [1.165, 1.54) is 0 Å². The Morgan fingerprint density at radius 1 is 0.939 bits per heavy atom. The lowest BCUT2D eigenvalue weighted by Gasteiger charge is -2.49. The summed E-state index contributed by atoms with van der Waals surface area (Å²) in [5.74, 6) is -0.770. The number of hydrogen-bond donors (Lipinski definition) is 3. The number of piperidine rings is 3. The van der Waals surface area contributed by atoms with E-state index in [2.05, 4.69) is 50.4 Å². The molecule has 346 valence electrons. The molecule has 0 radical (unpaired) electrons. The number of fused-ring (bicyclic) bond motifs is 3. The third-order valence-corrected chi connectivity index (χ3v) is 15.3. The molecule has 10 rings (SSSR count). The summed E-state index contributed by atoms with van der Waals surface area (Å²) < 4.78 is 3.25. The van der Waals surface area contributed by atoms with Gasteiger partial charge in [0.15, 0.2) is 11.5 Å². The van der Waals surface area contributed by atoms with Gasteiger partial charge in [0.1, 0.15) is 17.0 Å². The van der Waals surface area contributed by atoms with Crippen LogP contribution in [0.2, 0.25) is 0 Å².